The van der Waals surface area contributed by atoms with Crippen molar-refractivity contribution in [3.05, 3.63) is 59.7 Å². The summed E-state index contributed by atoms with van der Waals surface area (Å²) in [6.07, 6.45) is 0. The molecular weight excluding hydrogens is 408 g/mol. The molecule has 8 heteroatoms. The molecule has 0 spiro atoms. The molecule has 1 amide bonds. The Morgan fingerprint density at radius 2 is 1.90 bits per heavy atom. The third kappa shape index (κ3) is 4.33. The van der Waals surface area contributed by atoms with Crippen LogP contribution in [0, 0.1) is 13.8 Å². The van der Waals surface area contributed by atoms with E-state index in [4.69, 9.17) is 4.74 Å². The fraction of sp³-hybridized carbons (Fsp3) is 0.333. The monoisotopic (exact) mass is 430 g/mol. The second-order valence-electron chi connectivity index (χ2n) is 7.33. The zero-order valence-corrected chi connectivity index (χ0v) is 17.9. The Morgan fingerprint density at radius 3 is 2.62 bits per heavy atom. The van der Waals surface area contributed by atoms with E-state index < -0.39 is 15.7 Å². The van der Waals surface area contributed by atoms with Gasteiger partial charge in [0.25, 0.3) is 5.91 Å². The number of aliphatic imine (C=N–C) groups is 1. The highest BCUT2D eigenvalue weighted by atomic mass is 32.2. The van der Waals surface area contributed by atoms with Gasteiger partial charge in [-0.1, -0.05) is 36.0 Å². The first-order chi connectivity index (χ1) is 13.8. The molecule has 2 aromatic rings. The average Bonchev–Trinajstić information content (AvgIpc) is 3.14. The third-order valence-corrected chi connectivity index (χ3v) is 8.37. The number of amidine groups is 1. The Morgan fingerprint density at radius 1 is 1.14 bits per heavy atom. The normalized spacial score (nSPS) is 23.9. The highest BCUT2D eigenvalue weighted by molar-refractivity contribution is 8.16. The quantitative estimate of drug-likeness (QED) is 0.742. The van der Waals surface area contributed by atoms with Crippen molar-refractivity contribution in [2.24, 2.45) is 4.99 Å². The van der Waals surface area contributed by atoms with Gasteiger partial charge in [0.1, 0.15) is 5.75 Å². The summed E-state index contributed by atoms with van der Waals surface area (Å²) in [5, 5.41) is 0.419. The van der Waals surface area contributed by atoms with Crippen LogP contribution in [0.4, 0.5) is 5.69 Å². The molecule has 2 saturated heterocycles. The molecule has 152 valence electrons. The summed E-state index contributed by atoms with van der Waals surface area (Å²) >= 11 is 1.37. The van der Waals surface area contributed by atoms with Crippen molar-refractivity contribution in [3.63, 3.8) is 0 Å². The Labute approximate surface area is 174 Å². The number of fused-ring (bicyclic) bond motifs is 1. The van der Waals surface area contributed by atoms with E-state index in [0.29, 0.717) is 10.9 Å². The van der Waals surface area contributed by atoms with E-state index in [1.54, 1.807) is 12.1 Å². The smallest absolute Gasteiger partial charge is 0.285 e. The van der Waals surface area contributed by atoms with Crippen LogP contribution >= 0.6 is 11.8 Å². The van der Waals surface area contributed by atoms with Gasteiger partial charge in [0.05, 0.1) is 17.5 Å². The predicted octanol–water partition coefficient (Wildman–Crippen LogP) is 2.98. The summed E-state index contributed by atoms with van der Waals surface area (Å²) in [5.41, 5.74) is 3.12. The zero-order chi connectivity index (χ0) is 20.6. The van der Waals surface area contributed by atoms with Crippen LogP contribution in [0.15, 0.2) is 53.5 Å². The molecule has 0 aromatic heterocycles. The first kappa shape index (κ1) is 20.0. The van der Waals surface area contributed by atoms with E-state index in [-0.39, 0.29) is 29.4 Å². The Balaban J connectivity index is 1.59. The molecule has 2 aliphatic rings. The van der Waals surface area contributed by atoms with Gasteiger partial charge in [0, 0.05) is 10.9 Å². The molecular formula is C21H22N2O4S2. The highest BCUT2D eigenvalue weighted by Gasteiger charge is 2.49. The van der Waals surface area contributed by atoms with Crippen molar-refractivity contribution in [1.29, 1.82) is 0 Å². The van der Waals surface area contributed by atoms with E-state index in [1.165, 1.54) is 11.8 Å². The van der Waals surface area contributed by atoms with Crippen molar-refractivity contribution < 1.29 is 17.9 Å². The Kier molecular flexibility index (Phi) is 5.40. The summed E-state index contributed by atoms with van der Waals surface area (Å²) in [4.78, 5) is 18.6. The molecule has 4 rings (SSSR count). The van der Waals surface area contributed by atoms with Gasteiger partial charge in [-0.2, -0.15) is 4.99 Å². The summed E-state index contributed by atoms with van der Waals surface area (Å²) in [6.45, 7) is 3.88. The minimum Gasteiger partial charge on any atom is -0.484 e. The number of hydrogen-bond donors (Lipinski definition) is 0. The number of rotatable bonds is 4. The lowest BCUT2D eigenvalue weighted by Gasteiger charge is -2.25. The van der Waals surface area contributed by atoms with E-state index in [0.717, 1.165) is 16.8 Å². The zero-order valence-electron chi connectivity index (χ0n) is 16.2. The number of hydrogen-bond acceptors (Lipinski definition) is 5. The van der Waals surface area contributed by atoms with Gasteiger partial charge in [-0.3, -0.25) is 4.79 Å². The highest BCUT2D eigenvalue weighted by Crippen LogP contribution is 2.41. The SMILES string of the molecule is Cc1ccc(N2C(=NC(=O)COc3ccccc3)SC3CS(=O)(=O)CC32)cc1C. The van der Waals surface area contributed by atoms with Crippen LogP contribution in [-0.4, -0.2) is 48.9 Å². The van der Waals surface area contributed by atoms with Gasteiger partial charge in [0.15, 0.2) is 21.6 Å². The summed E-state index contributed by atoms with van der Waals surface area (Å²) < 4.78 is 29.8. The van der Waals surface area contributed by atoms with Crippen molar-refractivity contribution in [3.8, 4) is 5.75 Å². The van der Waals surface area contributed by atoms with E-state index >= 15 is 0 Å². The molecule has 0 aliphatic carbocycles. The van der Waals surface area contributed by atoms with Crippen molar-refractivity contribution in [2.75, 3.05) is 23.0 Å². The standard InChI is InChI=1S/C21H22N2O4S2/c1-14-8-9-16(10-15(14)2)23-18-12-29(25,26)13-19(18)28-21(23)22-20(24)11-27-17-6-4-3-5-7-17/h3-10,18-19H,11-13H2,1-2H3. The van der Waals surface area contributed by atoms with E-state index in [1.807, 2.05) is 55.1 Å². The van der Waals surface area contributed by atoms with Crippen molar-refractivity contribution in [2.45, 2.75) is 25.1 Å². The number of aryl methyl sites for hydroxylation is 2. The molecule has 0 saturated carbocycles. The number of sulfone groups is 1. The molecule has 2 aliphatic heterocycles. The maximum atomic E-state index is 12.4. The molecule has 2 heterocycles. The molecule has 0 N–H and O–H groups in total. The molecule has 2 atom stereocenters. The minimum atomic E-state index is -3.09. The lowest BCUT2D eigenvalue weighted by molar-refractivity contribution is -0.119. The number of nitrogens with zero attached hydrogens (tertiary/aromatic N) is 2. The number of ether oxygens (including phenoxy) is 1. The lowest BCUT2D eigenvalue weighted by atomic mass is 10.1. The fourth-order valence-electron chi connectivity index (χ4n) is 3.54. The van der Waals surface area contributed by atoms with Crippen LogP contribution in [0.5, 0.6) is 5.75 Å². The first-order valence-corrected chi connectivity index (χ1v) is 12.1. The number of carbonyl (C=O) groups is 1. The van der Waals surface area contributed by atoms with Gasteiger partial charge in [-0.05, 0) is 49.2 Å². The van der Waals surface area contributed by atoms with Gasteiger partial charge in [-0.15, -0.1) is 0 Å². The number of para-hydroxylation sites is 1. The average molecular weight is 431 g/mol. The lowest BCUT2D eigenvalue weighted by Crippen LogP contribution is -2.38. The molecule has 6 nitrogen and oxygen atoms in total. The summed E-state index contributed by atoms with van der Waals surface area (Å²) in [6, 6.07) is 14.9. The second kappa shape index (κ2) is 7.84. The molecule has 29 heavy (non-hydrogen) atoms. The fourth-order valence-corrected chi connectivity index (χ4v) is 7.47. The largest absolute Gasteiger partial charge is 0.484 e. The van der Waals surface area contributed by atoms with E-state index in [2.05, 4.69) is 4.99 Å². The molecule has 0 radical (unpaired) electrons. The van der Waals surface area contributed by atoms with Crippen LogP contribution in [0.1, 0.15) is 11.1 Å². The first-order valence-electron chi connectivity index (χ1n) is 9.35. The topological polar surface area (TPSA) is 76.0 Å². The molecule has 2 fully saturated rings. The Hall–Kier alpha value is -2.32. The van der Waals surface area contributed by atoms with Crippen LogP contribution in [0.2, 0.25) is 0 Å². The predicted molar refractivity (Wildman–Crippen MR) is 117 cm³/mol. The second-order valence-corrected chi connectivity index (χ2v) is 10.7. The summed E-state index contributed by atoms with van der Waals surface area (Å²) in [7, 11) is -3.09. The maximum absolute atomic E-state index is 12.4. The minimum absolute atomic E-state index is 0.0747. The maximum Gasteiger partial charge on any atom is 0.285 e. The van der Waals surface area contributed by atoms with Crippen LogP contribution < -0.4 is 9.64 Å². The Bertz CT molecular complexity index is 1070. The van der Waals surface area contributed by atoms with Gasteiger partial charge in [-0.25, -0.2) is 8.42 Å². The van der Waals surface area contributed by atoms with E-state index in [9.17, 15) is 13.2 Å². The van der Waals surface area contributed by atoms with Gasteiger partial charge in [0.2, 0.25) is 0 Å². The van der Waals surface area contributed by atoms with Crippen LogP contribution in [0.3, 0.4) is 0 Å². The molecule has 2 aromatic carbocycles. The number of anilines is 1. The molecule has 0 bridgehead atoms. The van der Waals surface area contributed by atoms with Crippen molar-refractivity contribution in [1.82, 2.24) is 0 Å². The number of carbonyl (C=O) groups excluding carboxylic acids is 1. The van der Waals surface area contributed by atoms with Crippen LogP contribution in [0.25, 0.3) is 0 Å². The summed E-state index contributed by atoms with van der Waals surface area (Å²) in [5.74, 6) is 0.394. The van der Waals surface area contributed by atoms with Gasteiger partial charge >= 0.3 is 0 Å². The van der Waals surface area contributed by atoms with Gasteiger partial charge < -0.3 is 9.64 Å². The number of benzene rings is 2. The molecule has 2 unspecified atom stereocenters. The third-order valence-electron chi connectivity index (χ3n) is 5.16. The number of thioether (sulfide) groups is 1. The van der Waals surface area contributed by atoms with Crippen molar-refractivity contribution >= 4 is 38.4 Å². The van der Waals surface area contributed by atoms with Crippen LogP contribution in [-0.2, 0) is 14.6 Å². The number of amides is 1.